The maximum Gasteiger partial charge on any atom is 0.296 e. The first-order chi connectivity index (χ1) is 13.0. The molecule has 3 aromatic rings. The van der Waals surface area contributed by atoms with E-state index in [0.29, 0.717) is 20.6 Å². The van der Waals surface area contributed by atoms with Crippen LogP contribution in [0.15, 0.2) is 57.5 Å². The summed E-state index contributed by atoms with van der Waals surface area (Å²) < 4.78 is 3.66. The largest absolute Gasteiger partial charge is 0.296 e. The number of para-hydroxylation sites is 1. The minimum Gasteiger partial charge on any atom is -0.283 e. The fraction of sp³-hybridized carbons (Fsp3) is 0.105. The summed E-state index contributed by atoms with van der Waals surface area (Å²) in [6, 6.07) is 13.2. The normalized spacial score (nSPS) is 15.9. The number of thiocarbonyl (C=S) groups is 1. The summed E-state index contributed by atoms with van der Waals surface area (Å²) in [5, 5.41) is 1.95. The molecule has 1 amide bonds. The number of carbonyl (C=O) groups is 1. The molecule has 0 spiro atoms. The molecular formula is C19H15N3O2S3. The number of benzene rings is 1. The third kappa shape index (κ3) is 2.99. The average molecular weight is 414 g/mol. The van der Waals surface area contributed by atoms with Crippen molar-refractivity contribution >= 4 is 57.3 Å². The molecule has 3 heterocycles. The van der Waals surface area contributed by atoms with Gasteiger partial charge in [-0.2, -0.15) is 0 Å². The molecule has 0 bridgehead atoms. The van der Waals surface area contributed by atoms with Crippen LogP contribution >= 0.6 is 35.3 Å². The van der Waals surface area contributed by atoms with E-state index in [1.165, 1.54) is 16.7 Å². The van der Waals surface area contributed by atoms with E-state index < -0.39 is 0 Å². The molecule has 4 rings (SSSR count). The van der Waals surface area contributed by atoms with Gasteiger partial charge in [0.25, 0.3) is 11.5 Å². The maximum atomic E-state index is 13.2. The second-order valence-corrected chi connectivity index (χ2v) is 8.60. The number of aromatic nitrogens is 2. The van der Waals surface area contributed by atoms with E-state index in [-0.39, 0.29) is 11.5 Å². The van der Waals surface area contributed by atoms with Crippen molar-refractivity contribution in [1.29, 1.82) is 0 Å². The molecule has 0 unspecified atom stereocenters. The monoisotopic (exact) mass is 413 g/mol. The van der Waals surface area contributed by atoms with Crippen molar-refractivity contribution in [3.63, 3.8) is 0 Å². The van der Waals surface area contributed by atoms with Crippen molar-refractivity contribution in [2.45, 2.75) is 6.92 Å². The summed E-state index contributed by atoms with van der Waals surface area (Å²) in [4.78, 5) is 29.0. The minimum absolute atomic E-state index is 0.260. The second-order valence-electron chi connectivity index (χ2n) is 5.94. The Morgan fingerprint density at radius 1 is 1.07 bits per heavy atom. The SMILES string of the molecule is Cc1c(N2C(=O)/C(=C/c3cccs3)SC2=S)c(=O)n(-c2ccccc2)n1C. The van der Waals surface area contributed by atoms with Crippen LogP contribution in [0.5, 0.6) is 0 Å². The molecule has 0 atom stereocenters. The van der Waals surface area contributed by atoms with E-state index in [4.69, 9.17) is 12.2 Å². The Bertz CT molecular complexity index is 1130. The lowest BCUT2D eigenvalue weighted by molar-refractivity contribution is -0.113. The maximum absolute atomic E-state index is 13.2. The minimum atomic E-state index is -0.269. The molecule has 1 aliphatic heterocycles. The van der Waals surface area contributed by atoms with Gasteiger partial charge in [0.05, 0.1) is 16.3 Å². The summed E-state index contributed by atoms with van der Waals surface area (Å²) >= 11 is 8.20. The molecule has 1 fully saturated rings. The number of thiophene rings is 1. The molecule has 27 heavy (non-hydrogen) atoms. The van der Waals surface area contributed by atoms with Crippen LogP contribution in [0.25, 0.3) is 11.8 Å². The van der Waals surface area contributed by atoms with Crippen molar-refractivity contribution in [2.24, 2.45) is 7.05 Å². The van der Waals surface area contributed by atoms with Crippen LogP contribution in [0.1, 0.15) is 10.6 Å². The zero-order valence-corrected chi connectivity index (χ0v) is 17.0. The molecule has 0 aliphatic carbocycles. The highest BCUT2D eigenvalue weighted by Crippen LogP contribution is 2.36. The molecule has 1 saturated heterocycles. The highest BCUT2D eigenvalue weighted by atomic mass is 32.2. The van der Waals surface area contributed by atoms with Gasteiger partial charge in [0.1, 0.15) is 5.69 Å². The first-order valence-electron chi connectivity index (χ1n) is 8.14. The topological polar surface area (TPSA) is 47.2 Å². The third-order valence-corrected chi connectivity index (χ3v) is 6.48. The van der Waals surface area contributed by atoms with Crippen molar-refractivity contribution in [2.75, 3.05) is 4.90 Å². The molecule has 0 radical (unpaired) electrons. The van der Waals surface area contributed by atoms with Gasteiger partial charge in [0, 0.05) is 11.9 Å². The number of rotatable bonds is 3. The first-order valence-corrected chi connectivity index (χ1v) is 10.2. The predicted octanol–water partition coefficient (Wildman–Crippen LogP) is 3.95. The zero-order valence-electron chi connectivity index (χ0n) is 14.6. The van der Waals surface area contributed by atoms with Crippen LogP contribution < -0.4 is 10.5 Å². The molecule has 1 aliphatic rings. The summed E-state index contributed by atoms with van der Waals surface area (Å²) in [5.74, 6) is -0.260. The van der Waals surface area contributed by atoms with Crippen molar-refractivity contribution < 1.29 is 4.79 Å². The van der Waals surface area contributed by atoms with Gasteiger partial charge in [-0.15, -0.1) is 11.3 Å². The number of hydrogen-bond donors (Lipinski definition) is 0. The van der Waals surface area contributed by atoms with E-state index in [1.807, 2.05) is 60.8 Å². The van der Waals surface area contributed by atoms with Gasteiger partial charge in [-0.05, 0) is 36.6 Å². The fourth-order valence-corrected chi connectivity index (χ4v) is 4.97. The molecule has 1 aromatic carbocycles. The van der Waals surface area contributed by atoms with Crippen molar-refractivity contribution in [1.82, 2.24) is 9.36 Å². The molecule has 5 nitrogen and oxygen atoms in total. The zero-order chi connectivity index (χ0) is 19.1. The van der Waals surface area contributed by atoms with Crippen LogP contribution in [0, 0.1) is 6.92 Å². The van der Waals surface area contributed by atoms with E-state index in [1.54, 1.807) is 27.7 Å². The number of thioether (sulfide) groups is 1. The standard InChI is InChI=1S/C19H15N3O2S3/c1-12-16(18(24)22(20(12)2)13-7-4-3-5-8-13)21-17(23)15(27-19(21)25)11-14-9-6-10-26-14/h3-11H,1-2H3/b15-11-. The highest BCUT2D eigenvalue weighted by Gasteiger charge is 2.37. The summed E-state index contributed by atoms with van der Waals surface area (Å²) in [6.07, 6.45) is 1.82. The lowest BCUT2D eigenvalue weighted by atomic mass is 10.3. The number of carbonyl (C=O) groups excluding carboxylic acids is 1. The van der Waals surface area contributed by atoms with Gasteiger partial charge in [-0.25, -0.2) is 4.68 Å². The Kier molecular flexibility index (Phi) is 4.63. The quantitative estimate of drug-likeness (QED) is 0.482. The molecule has 0 N–H and O–H groups in total. The number of anilines is 1. The smallest absolute Gasteiger partial charge is 0.283 e. The van der Waals surface area contributed by atoms with E-state index in [9.17, 15) is 9.59 Å². The van der Waals surface area contributed by atoms with E-state index >= 15 is 0 Å². The predicted molar refractivity (Wildman–Crippen MR) is 116 cm³/mol. The van der Waals surface area contributed by atoms with Gasteiger partial charge >= 0.3 is 0 Å². The Hall–Kier alpha value is -2.42. The Balaban J connectivity index is 1.82. The van der Waals surface area contributed by atoms with E-state index in [0.717, 1.165) is 10.6 Å². The highest BCUT2D eigenvalue weighted by molar-refractivity contribution is 8.27. The van der Waals surface area contributed by atoms with Crippen LogP contribution in [-0.2, 0) is 11.8 Å². The molecular weight excluding hydrogens is 398 g/mol. The number of hydrogen-bond acceptors (Lipinski definition) is 5. The summed E-state index contributed by atoms with van der Waals surface area (Å²) in [7, 11) is 1.80. The Morgan fingerprint density at radius 3 is 2.48 bits per heavy atom. The van der Waals surface area contributed by atoms with Crippen LogP contribution in [-0.4, -0.2) is 19.6 Å². The number of nitrogens with zero attached hydrogens (tertiary/aromatic N) is 3. The van der Waals surface area contributed by atoms with Gasteiger partial charge in [0.15, 0.2) is 4.32 Å². The Morgan fingerprint density at radius 2 is 1.81 bits per heavy atom. The van der Waals surface area contributed by atoms with Crippen molar-refractivity contribution in [3.8, 4) is 5.69 Å². The fourth-order valence-electron chi connectivity index (χ4n) is 2.97. The molecule has 136 valence electrons. The number of amides is 1. The van der Waals surface area contributed by atoms with E-state index in [2.05, 4.69) is 0 Å². The summed E-state index contributed by atoms with van der Waals surface area (Å²) in [5.41, 5.74) is 1.45. The third-order valence-electron chi connectivity index (χ3n) is 4.36. The first kappa shape index (κ1) is 18.0. The van der Waals surface area contributed by atoms with Crippen LogP contribution in [0.2, 0.25) is 0 Å². The van der Waals surface area contributed by atoms with Crippen molar-refractivity contribution in [3.05, 3.63) is 73.7 Å². The van der Waals surface area contributed by atoms with Crippen LogP contribution in [0.3, 0.4) is 0 Å². The molecule has 2 aromatic heterocycles. The molecule has 0 saturated carbocycles. The molecule has 8 heteroatoms. The van der Waals surface area contributed by atoms with Gasteiger partial charge in [0.2, 0.25) is 0 Å². The second kappa shape index (κ2) is 6.95. The lowest BCUT2D eigenvalue weighted by Crippen LogP contribution is -2.33. The van der Waals surface area contributed by atoms with Gasteiger partial charge in [-0.3, -0.25) is 19.2 Å². The van der Waals surface area contributed by atoms with Gasteiger partial charge < -0.3 is 0 Å². The average Bonchev–Trinajstić information content (AvgIpc) is 3.31. The van der Waals surface area contributed by atoms with Crippen LogP contribution in [0.4, 0.5) is 5.69 Å². The lowest BCUT2D eigenvalue weighted by Gasteiger charge is -2.12. The summed E-state index contributed by atoms with van der Waals surface area (Å²) in [6.45, 7) is 1.82. The Labute approximate surface area is 169 Å². The van der Waals surface area contributed by atoms with Gasteiger partial charge in [-0.1, -0.05) is 48.2 Å².